The predicted molar refractivity (Wildman–Crippen MR) is 82.5 cm³/mol. The molecule has 0 unspecified atom stereocenters. The first-order chi connectivity index (χ1) is 9.33. The maximum Gasteiger partial charge on any atom is 0.0713 e. The van der Waals surface area contributed by atoms with Gasteiger partial charge in [-0.25, -0.2) is 0 Å². The van der Waals surface area contributed by atoms with Gasteiger partial charge in [0.2, 0.25) is 0 Å². The topological polar surface area (TPSA) is 21.3 Å². The molecule has 0 aliphatic heterocycles. The van der Waals surface area contributed by atoms with Crippen molar-refractivity contribution in [1.82, 2.24) is 5.32 Å². The zero-order chi connectivity index (χ0) is 13.5. The summed E-state index contributed by atoms with van der Waals surface area (Å²) in [5.74, 6) is 0. The molecule has 2 aromatic rings. The Balaban J connectivity index is 2.07. The lowest BCUT2D eigenvalue weighted by molar-refractivity contribution is 0.185. The summed E-state index contributed by atoms with van der Waals surface area (Å²) in [6, 6.07) is 13.0. The number of rotatable bonds is 7. The minimum atomic E-state index is 0.671. The molecule has 102 valence electrons. The largest absolute Gasteiger partial charge is 0.380 e. The van der Waals surface area contributed by atoms with Gasteiger partial charge in [-0.1, -0.05) is 25.1 Å². The normalized spacial score (nSPS) is 10.8. The summed E-state index contributed by atoms with van der Waals surface area (Å²) >= 11 is 1.86. The Hall–Kier alpha value is -1.16. The molecule has 0 spiro atoms. The quantitative estimate of drug-likeness (QED) is 0.769. The Labute approximate surface area is 119 Å². The number of benzene rings is 1. The number of hydrogen-bond acceptors (Lipinski definition) is 3. The molecule has 19 heavy (non-hydrogen) atoms. The summed E-state index contributed by atoms with van der Waals surface area (Å²) in [5.41, 5.74) is 2.50. The van der Waals surface area contributed by atoms with Gasteiger partial charge in [-0.3, -0.25) is 0 Å². The van der Waals surface area contributed by atoms with Crippen molar-refractivity contribution in [2.24, 2.45) is 0 Å². The number of thiophene rings is 1. The fraction of sp³-hybridized carbons (Fsp3) is 0.375. The van der Waals surface area contributed by atoms with Gasteiger partial charge in [0.1, 0.15) is 0 Å². The average molecular weight is 275 g/mol. The lowest BCUT2D eigenvalue weighted by Gasteiger charge is -2.03. The van der Waals surface area contributed by atoms with Crippen molar-refractivity contribution < 1.29 is 4.74 Å². The van der Waals surface area contributed by atoms with Gasteiger partial charge in [-0.05, 0) is 42.3 Å². The zero-order valence-electron chi connectivity index (χ0n) is 11.6. The highest BCUT2D eigenvalue weighted by Gasteiger charge is 2.03. The zero-order valence-corrected chi connectivity index (χ0v) is 12.4. The van der Waals surface area contributed by atoms with Crippen molar-refractivity contribution in [3.05, 3.63) is 46.8 Å². The van der Waals surface area contributed by atoms with E-state index in [1.54, 1.807) is 7.11 Å². The molecule has 0 amide bonds. The third-order valence-corrected chi connectivity index (χ3v) is 4.04. The molecule has 0 aliphatic carbocycles. The monoisotopic (exact) mass is 275 g/mol. The predicted octanol–water partition coefficient (Wildman–Crippen LogP) is 4.06. The molecule has 0 atom stereocenters. The lowest BCUT2D eigenvalue weighted by atomic mass is 10.1. The maximum absolute atomic E-state index is 5.18. The highest BCUT2D eigenvalue weighted by Crippen LogP contribution is 2.28. The molecule has 0 bridgehead atoms. The summed E-state index contributed by atoms with van der Waals surface area (Å²) < 4.78 is 5.18. The maximum atomic E-state index is 5.18. The van der Waals surface area contributed by atoms with Gasteiger partial charge in [-0.15, -0.1) is 11.3 Å². The van der Waals surface area contributed by atoms with Crippen molar-refractivity contribution in [1.29, 1.82) is 0 Å². The van der Waals surface area contributed by atoms with Gasteiger partial charge < -0.3 is 10.1 Å². The second-order valence-electron chi connectivity index (χ2n) is 4.58. The number of ether oxygens (including phenoxy) is 1. The van der Waals surface area contributed by atoms with Crippen LogP contribution < -0.4 is 5.32 Å². The van der Waals surface area contributed by atoms with Crippen LogP contribution >= 0.6 is 11.3 Å². The summed E-state index contributed by atoms with van der Waals surface area (Å²) in [6.45, 7) is 4.91. The smallest absolute Gasteiger partial charge is 0.0713 e. The van der Waals surface area contributed by atoms with Crippen molar-refractivity contribution in [3.63, 3.8) is 0 Å². The van der Waals surface area contributed by atoms with E-state index in [-0.39, 0.29) is 0 Å². The van der Waals surface area contributed by atoms with E-state index in [0.29, 0.717) is 6.61 Å². The Bertz CT molecular complexity index is 507. The van der Waals surface area contributed by atoms with Crippen molar-refractivity contribution >= 4 is 11.3 Å². The van der Waals surface area contributed by atoms with Crippen LogP contribution in [0.3, 0.4) is 0 Å². The van der Waals surface area contributed by atoms with Crippen molar-refractivity contribution in [2.45, 2.75) is 26.5 Å². The lowest BCUT2D eigenvalue weighted by Crippen LogP contribution is -2.12. The van der Waals surface area contributed by atoms with Crippen LogP contribution in [0.1, 0.15) is 23.8 Å². The average Bonchev–Trinajstić information content (AvgIpc) is 2.89. The number of methoxy groups -OCH3 is 1. The minimum absolute atomic E-state index is 0.671. The van der Waals surface area contributed by atoms with Gasteiger partial charge in [0.05, 0.1) is 6.61 Å². The number of nitrogens with one attached hydrogen (secondary N) is 1. The van der Waals surface area contributed by atoms with E-state index < -0.39 is 0 Å². The Kier molecular flexibility index (Phi) is 5.58. The molecule has 1 heterocycles. The highest BCUT2D eigenvalue weighted by molar-refractivity contribution is 7.15. The summed E-state index contributed by atoms with van der Waals surface area (Å²) in [7, 11) is 1.73. The van der Waals surface area contributed by atoms with E-state index in [9.17, 15) is 0 Å². The highest BCUT2D eigenvalue weighted by atomic mass is 32.1. The summed E-state index contributed by atoms with van der Waals surface area (Å²) in [4.78, 5) is 2.71. The van der Waals surface area contributed by atoms with Crippen molar-refractivity contribution in [3.8, 4) is 10.4 Å². The first-order valence-corrected chi connectivity index (χ1v) is 7.53. The van der Waals surface area contributed by atoms with Crippen LogP contribution in [0.2, 0.25) is 0 Å². The van der Waals surface area contributed by atoms with E-state index in [0.717, 1.165) is 13.1 Å². The third-order valence-electron chi connectivity index (χ3n) is 2.91. The SMILES string of the molecule is CCCNCc1ccc(-c2cccc(COC)c2)s1. The van der Waals surface area contributed by atoms with E-state index in [4.69, 9.17) is 4.74 Å². The van der Waals surface area contributed by atoms with Crippen LogP contribution in [0.4, 0.5) is 0 Å². The van der Waals surface area contributed by atoms with Crippen LogP contribution in [-0.2, 0) is 17.9 Å². The van der Waals surface area contributed by atoms with Gasteiger partial charge in [0.15, 0.2) is 0 Å². The van der Waals surface area contributed by atoms with E-state index in [1.165, 1.54) is 27.3 Å². The molecule has 2 rings (SSSR count). The first-order valence-electron chi connectivity index (χ1n) is 6.71. The third kappa shape index (κ3) is 4.16. The first kappa shape index (κ1) is 14.3. The molecule has 0 radical (unpaired) electrons. The molecule has 0 saturated carbocycles. The molecule has 1 aromatic heterocycles. The molecular weight excluding hydrogens is 254 g/mol. The molecule has 2 nitrogen and oxygen atoms in total. The van der Waals surface area contributed by atoms with Crippen LogP contribution in [0.15, 0.2) is 36.4 Å². The fourth-order valence-electron chi connectivity index (χ4n) is 2.00. The van der Waals surface area contributed by atoms with Crippen LogP contribution in [0.25, 0.3) is 10.4 Å². The molecule has 3 heteroatoms. The fourth-order valence-corrected chi connectivity index (χ4v) is 2.97. The minimum Gasteiger partial charge on any atom is -0.380 e. The summed E-state index contributed by atoms with van der Waals surface area (Å²) in [5, 5.41) is 3.44. The van der Waals surface area contributed by atoms with Crippen molar-refractivity contribution in [2.75, 3.05) is 13.7 Å². The molecule has 0 aliphatic rings. The Morgan fingerprint density at radius 2 is 2.11 bits per heavy atom. The van der Waals surface area contributed by atoms with Crippen LogP contribution in [0, 0.1) is 0 Å². The number of hydrogen-bond donors (Lipinski definition) is 1. The van der Waals surface area contributed by atoms with Gasteiger partial charge in [-0.2, -0.15) is 0 Å². The molecule has 1 N–H and O–H groups in total. The van der Waals surface area contributed by atoms with E-state index >= 15 is 0 Å². The molecule has 1 aromatic carbocycles. The second-order valence-corrected chi connectivity index (χ2v) is 5.74. The van der Waals surface area contributed by atoms with Gasteiger partial charge in [0, 0.05) is 23.4 Å². The molecule has 0 fully saturated rings. The molecule has 0 saturated heterocycles. The van der Waals surface area contributed by atoms with Gasteiger partial charge in [0.25, 0.3) is 0 Å². The summed E-state index contributed by atoms with van der Waals surface area (Å²) in [6.07, 6.45) is 1.18. The van der Waals surface area contributed by atoms with Gasteiger partial charge >= 0.3 is 0 Å². The standard InChI is InChI=1S/C16H21NOS/c1-3-9-17-11-15-7-8-16(19-15)14-6-4-5-13(10-14)12-18-2/h4-8,10,17H,3,9,11-12H2,1-2H3. The van der Waals surface area contributed by atoms with Crippen LogP contribution in [0.5, 0.6) is 0 Å². The van der Waals surface area contributed by atoms with E-state index in [2.05, 4.69) is 48.6 Å². The van der Waals surface area contributed by atoms with Crippen LogP contribution in [-0.4, -0.2) is 13.7 Å². The Morgan fingerprint density at radius 3 is 2.89 bits per heavy atom. The molecular formula is C16H21NOS. The van der Waals surface area contributed by atoms with E-state index in [1.807, 2.05) is 11.3 Å². The second kappa shape index (κ2) is 7.43. The Morgan fingerprint density at radius 1 is 1.21 bits per heavy atom.